The first kappa shape index (κ1) is 15.6. The molecule has 4 heteroatoms. The van der Waals surface area contributed by atoms with Crippen LogP contribution in [0.5, 0.6) is 0 Å². The van der Waals surface area contributed by atoms with Crippen LogP contribution in [0.2, 0.25) is 0 Å². The largest absolute Gasteiger partial charge is 0.372 e. The summed E-state index contributed by atoms with van der Waals surface area (Å²) in [4.78, 5) is 6.56. The zero-order chi connectivity index (χ0) is 16.4. The van der Waals surface area contributed by atoms with E-state index >= 15 is 0 Å². The van der Waals surface area contributed by atoms with Crippen molar-refractivity contribution >= 4 is 5.69 Å². The summed E-state index contributed by atoms with van der Waals surface area (Å²) in [5.41, 5.74) is 3.77. The van der Waals surface area contributed by atoms with E-state index in [0.29, 0.717) is 12.6 Å². The van der Waals surface area contributed by atoms with Crippen LogP contribution in [0.15, 0.2) is 48.8 Å². The fourth-order valence-electron chi connectivity index (χ4n) is 3.83. The Balaban J connectivity index is 1.43. The molecule has 0 radical (unpaired) electrons. The third kappa shape index (κ3) is 3.17. The molecule has 0 bridgehead atoms. The molecule has 0 unspecified atom stereocenters. The normalized spacial score (nSPS) is 26.4. The highest BCUT2D eigenvalue weighted by molar-refractivity contribution is 5.49. The molecule has 2 heterocycles. The minimum Gasteiger partial charge on any atom is -0.372 e. The van der Waals surface area contributed by atoms with Crippen LogP contribution in [-0.2, 0) is 16.1 Å². The van der Waals surface area contributed by atoms with Crippen molar-refractivity contribution in [1.82, 2.24) is 4.98 Å². The zero-order valence-corrected chi connectivity index (χ0v) is 14.1. The monoisotopic (exact) mass is 324 g/mol. The number of ether oxygens (including phenoxy) is 2. The highest BCUT2D eigenvalue weighted by atomic mass is 16.5. The molecular weight excluding hydrogens is 300 g/mol. The van der Waals surface area contributed by atoms with Gasteiger partial charge in [0.2, 0.25) is 0 Å². The van der Waals surface area contributed by atoms with E-state index in [1.807, 2.05) is 24.5 Å². The van der Waals surface area contributed by atoms with Crippen molar-refractivity contribution < 1.29 is 9.47 Å². The van der Waals surface area contributed by atoms with Crippen molar-refractivity contribution in [1.29, 1.82) is 0 Å². The van der Waals surface area contributed by atoms with Crippen molar-refractivity contribution in [3.63, 3.8) is 0 Å². The maximum absolute atomic E-state index is 6.18. The van der Waals surface area contributed by atoms with Crippen molar-refractivity contribution in [3.8, 4) is 0 Å². The summed E-state index contributed by atoms with van der Waals surface area (Å²) < 4.78 is 12.3. The highest BCUT2D eigenvalue weighted by Crippen LogP contribution is 2.35. The lowest BCUT2D eigenvalue weighted by Crippen LogP contribution is -2.51. The number of pyridine rings is 1. The van der Waals surface area contributed by atoms with Crippen molar-refractivity contribution in [3.05, 3.63) is 59.9 Å². The molecule has 1 aromatic heterocycles. The van der Waals surface area contributed by atoms with E-state index in [-0.39, 0.29) is 12.2 Å². The Hall–Kier alpha value is -1.91. The van der Waals surface area contributed by atoms with Crippen molar-refractivity contribution in [2.75, 3.05) is 18.1 Å². The fraction of sp³-hybridized carbons (Fsp3) is 0.450. The van der Waals surface area contributed by atoms with Gasteiger partial charge in [0, 0.05) is 24.6 Å². The summed E-state index contributed by atoms with van der Waals surface area (Å²) in [6, 6.07) is 13.3. The molecule has 4 rings (SSSR count). The molecule has 1 aliphatic heterocycles. The molecule has 4 nitrogen and oxygen atoms in total. The van der Waals surface area contributed by atoms with Crippen LogP contribution in [-0.4, -0.2) is 36.4 Å². The molecule has 1 saturated heterocycles. The van der Waals surface area contributed by atoms with E-state index in [2.05, 4.69) is 41.1 Å². The number of benzene rings is 1. The molecule has 1 saturated carbocycles. The average Bonchev–Trinajstić information content (AvgIpc) is 3.05. The van der Waals surface area contributed by atoms with Gasteiger partial charge in [0.25, 0.3) is 0 Å². The molecule has 24 heavy (non-hydrogen) atoms. The maximum atomic E-state index is 6.18. The number of anilines is 1. The first-order valence-electron chi connectivity index (χ1n) is 8.77. The Morgan fingerprint density at radius 1 is 1.12 bits per heavy atom. The Morgan fingerprint density at radius 2 is 1.92 bits per heavy atom. The van der Waals surface area contributed by atoms with Crippen LogP contribution in [0.3, 0.4) is 0 Å². The molecule has 1 aromatic carbocycles. The topological polar surface area (TPSA) is 34.6 Å². The quantitative estimate of drug-likeness (QED) is 0.864. The fourth-order valence-corrected chi connectivity index (χ4v) is 3.83. The third-order valence-electron chi connectivity index (χ3n) is 5.11. The van der Waals surface area contributed by atoms with E-state index in [0.717, 1.165) is 26.0 Å². The van der Waals surface area contributed by atoms with Gasteiger partial charge in [0.05, 0.1) is 25.4 Å². The highest BCUT2D eigenvalue weighted by Gasteiger charge is 2.43. The summed E-state index contributed by atoms with van der Waals surface area (Å²) in [5.74, 6) is 0. The Bertz CT molecular complexity index is 659. The molecule has 2 fully saturated rings. The Kier molecular flexibility index (Phi) is 4.50. The van der Waals surface area contributed by atoms with Crippen molar-refractivity contribution in [2.45, 2.75) is 44.6 Å². The van der Waals surface area contributed by atoms with Crippen LogP contribution in [0, 0.1) is 6.92 Å². The lowest BCUT2D eigenvalue weighted by atomic mass is 10.1. The molecule has 2 aromatic rings. The SMILES string of the molecule is Cc1ccc(N2CCO[C@H]3[C@H](OCc4ccncc4)CC[C@@H]32)cc1. The van der Waals surface area contributed by atoms with Crippen LogP contribution >= 0.6 is 0 Å². The van der Waals surface area contributed by atoms with E-state index in [1.54, 1.807) is 0 Å². The van der Waals surface area contributed by atoms with Crippen molar-refractivity contribution in [2.24, 2.45) is 0 Å². The molecule has 126 valence electrons. The van der Waals surface area contributed by atoms with E-state index < -0.39 is 0 Å². The molecule has 0 spiro atoms. The number of aryl methyl sites for hydroxylation is 1. The van der Waals surface area contributed by atoms with Crippen LogP contribution in [0.25, 0.3) is 0 Å². The number of morpholine rings is 1. The standard InChI is InChI=1S/C20H24N2O2/c1-15-2-4-17(5-3-15)22-12-13-23-20-18(22)6-7-19(20)24-14-16-8-10-21-11-9-16/h2-5,8-11,18-20H,6-7,12-14H2,1H3/t18-,19+,20+/m0/s1. The van der Waals surface area contributed by atoms with Crippen LogP contribution in [0.1, 0.15) is 24.0 Å². The van der Waals surface area contributed by atoms with Gasteiger partial charge in [-0.1, -0.05) is 17.7 Å². The Labute approximate surface area is 143 Å². The van der Waals surface area contributed by atoms with E-state index in [1.165, 1.54) is 16.8 Å². The van der Waals surface area contributed by atoms with Gasteiger partial charge >= 0.3 is 0 Å². The minimum atomic E-state index is 0.168. The summed E-state index contributed by atoms with van der Waals surface area (Å²) in [6.07, 6.45) is 6.15. The van der Waals surface area contributed by atoms with Crippen LogP contribution < -0.4 is 4.90 Å². The smallest absolute Gasteiger partial charge is 0.104 e. The lowest BCUT2D eigenvalue weighted by molar-refractivity contribution is -0.0770. The molecule has 0 amide bonds. The summed E-state index contributed by atoms with van der Waals surface area (Å²) in [7, 11) is 0. The number of aromatic nitrogens is 1. The average molecular weight is 324 g/mol. The van der Waals surface area contributed by atoms with Gasteiger partial charge in [-0.15, -0.1) is 0 Å². The van der Waals surface area contributed by atoms with Gasteiger partial charge in [-0.25, -0.2) is 0 Å². The van der Waals surface area contributed by atoms with Gasteiger partial charge in [0.1, 0.15) is 6.10 Å². The predicted molar refractivity (Wildman–Crippen MR) is 94.1 cm³/mol. The number of nitrogens with zero attached hydrogens (tertiary/aromatic N) is 2. The van der Waals surface area contributed by atoms with Gasteiger partial charge < -0.3 is 14.4 Å². The summed E-state index contributed by atoms with van der Waals surface area (Å²) >= 11 is 0. The van der Waals surface area contributed by atoms with Gasteiger partial charge in [0.15, 0.2) is 0 Å². The zero-order valence-electron chi connectivity index (χ0n) is 14.1. The molecule has 1 aliphatic carbocycles. The molecular formula is C20H24N2O2. The first-order chi connectivity index (χ1) is 11.8. The molecule has 3 atom stereocenters. The molecule has 0 N–H and O–H groups in total. The van der Waals surface area contributed by atoms with E-state index in [4.69, 9.17) is 9.47 Å². The second kappa shape index (κ2) is 6.91. The number of rotatable bonds is 4. The van der Waals surface area contributed by atoms with Gasteiger partial charge in [-0.3, -0.25) is 4.98 Å². The first-order valence-corrected chi connectivity index (χ1v) is 8.77. The maximum Gasteiger partial charge on any atom is 0.104 e. The number of hydrogen-bond donors (Lipinski definition) is 0. The van der Waals surface area contributed by atoms with Gasteiger partial charge in [-0.2, -0.15) is 0 Å². The predicted octanol–water partition coefficient (Wildman–Crippen LogP) is 3.34. The van der Waals surface area contributed by atoms with Crippen LogP contribution in [0.4, 0.5) is 5.69 Å². The summed E-state index contributed by atoms with van der Waals surface area (Å²) in [6.45, 7) is 4.49. The number of fused-ring (bicyclic) bond motifs is 1. The lowest BCUT2D eigenvalue weighted by Gasteiger charge is -2.40. The van der Waals surface area contributed by atoms with E-state index in [9.17, 15) is 0 Å². The Morgan fingerprint density at radius 3 is 2.71 bits per heavy atom. The molecule has 2 aliphatic rings. The second-order valence-electron chi connectivity index (χ2n) is 6.71. The third-order valence-corrected chi connectivity index (χ3v) is 5.11. The van der Waals surface area contributed by atoms with Gasteiger partial charge in [-0.05, 0) is 49.6 Å². The minimum absolute atomic E-state index is 0.168. The summed E-state index contributed by atoms with van der Waals surface area (Å²) in [5, 5.41) is 0. The second-order valence-corrected chi connectivity index (χ2v) is 6.71. The number of hydrogen-bond acceptors (Lipinski definition) is 4.